The molecule has 3 aliphatic heterocycles. The van der Waals surface area contributed by atoms with Crippen LogP contribution in [0.5, 0.6) is 0 Å². The summed E-state index contributed by atoms with van der Waals surface area (Å²) < 4.78 is 74.5. The smallest absolute Gasteiger partial charge is 0.444 e. The van der Waals surface area contributed by atoms with Crippen LogP contribution in [0.25, 0.3) is 0 Å². The standard InChI is InChI=1S/C19H29BFNO4.C13H17BrFNO2.C12H24B2O4/c1-12-9-14(20-25-18(5,6)19(7,8)26-20)15(21)10-13(12)11-22-16(23)24-17(2,3)4;1-8-5-10(14)11(15)6-9(8)7-16-12(17)18-13(2,3)4;1-9(2)10(3,4)16-13(15-9)14-17-11(5,6)12(7,8)18-14/h9-10H,11H2,1-8H3,(H,22,23);5-6H,7H2,1-4H3,(H,16,17);1-8H3. The Morgan fingerprint density at radius 2 is 0.871 bits per heavy atom. The van der Waals surface area contributed by atoms with Gasteiger partial charge in [0.05, 0.1) is 38.1 Å². The molecule has 2 amide bonds. The molecule has 3 saturated heterocycles. The Kier molecular flexibility index (Phi) is 16.4. The highest BCUT2D eigenvalue weighted by Crippen LogP contribution is 2.43. The summed E-state index contributed by atoms with van der Waals surface area (Å²) in [5.74, 6) is -0.767. The molecular weight excluding hydrogens is 867 g/mol. The summed E-state index contributed by atoms with van der Waals surface area (Å²) in [6, 6.07) is 6.20. The first-order chi connectivity index (χ1) is 27.8. The molecule has 0 aromatic heterocycles. The SMILES string of the molecule is CC1(C)OB(B2OC(C)(C)C(C)(C)O2)OC1(C)C.Cc1cc(B2OC(C)(C)C(C)(C)O2)c(F)cc1CNC(=O)OC(C)(C)C.Cc1cc(Br)c(F)cc1CNC(=O)OC(C)(C)C. The lowest BCUT2D eigenvalue weighted by molar-refractivity contribution is 0.00578. The average molecular weight is 937 g/mol. The number of nitrogens with one attached hydrogen (secondary N) is 2. The Hall–Kier alpha value is -2.73. The van der Waals surface area contributed by atoms with Crippen molar-refractivity contribution >= 4 is 54.7 Å². The van der Waals surface area contributed by atoms with Crippen molar-refractivity contribution in [2.75, 3.05) is 0 Å². The van der Waals surface area contributed by atoms with Gasteiger partial charge < -0.3 is 48.0 Å². The number of halogens is 3. The Labute approximate surface area is 378 Å². The summed E-state index contributed by atoms with van der Waals surface area (Å²) in [6.07, 6.45) is -1.04. The molecule has 0 unspecified atom stereocenters. The van der Waals surface area contributed by atoms with E-state index >= 15 is 0 Å². The molecule has 0 bridgehead atoms. The molecule has 346 valence electrons. The van der Waals surface area contributed by atoms with Gasteiger partial charge in [-0.15, -0.1) is 0 Å². The normalized spacial score (nSPS) is 20.4. The van der Waals surface area contributed by atoms with Gasteiger partial charge in [-0.05, 0) is 195 Å². The van der Waals surface area contributed by atoms with Gasteiger partial charge in [-0.2, -0.15) is 0 Å². The highest BCUT2D eigenvalue weighted by atomic mass is 79.9. The van der Waals surface area contributed by atoms with E-state index in [0.29, 0.717) is 15.5 Å². The third-order valence-electron chi connectivity index (χ3n) is 11.8. The Morgan fingerprint density at radius 1 is 0.565 bits per heavy atom. The number of amides is 2. The summed E-state index contributed by atoms with van der Waals surface area (Å²) in [4.78, 5) is 23.2. The van der Waals surface area contributed by atoms with Crippen LogP contribution in [0.3, 0.4) is 0 Å². The monoisotopic (exact) mass is 936 g/mol. The van der Waals surface area contributed by atoms with E-state index in [-0.39, 0.29) is 41.3 Å². The van der Waals surface area contributed by atoms with Crippen LogP contribution in [-0.4, -0.2) is 78.1 Å². The number of benzene rings is 2. The summed E-state index contributed by atoms with van der Waals surface area (Å²) in [7, 11) is -1.71. The predicted octanol–water partition coefficient (Wildman–Crippen LogP) is 9.63. The van der Waals surface area contributed by atoms with Crippen LogP contribution >= 0.6 is 15.9 Å². The van der Waals surface area contributed by atoms with Crippen LogP contribution in [0.2, 0.25) is 0 Å². The second kappa shape index (κ2) is 19.0. The van der Waals surface area contributed by atoms with Crippen LogP contribution in [0.1, 0.15) is 147 Å². The maximum atomic E-state index is 14.7. The molecule has 0 saturated carbocycles. The molecule has 3 fully saturated rings. The van der Waals surface area contributed by atoms with E-state index in [0.717, 1.165) is 16.7 Å². The minimum atomic E-state index is -0.758. The molecular formula is C44H70B3BrF2N2O10. The second-order valence-electron chi connectivity index (χ2n) is 21.0. The van der Waals surface area contributed by atoms with Gasteiger partial charge in [0.25, 0.3) is 0 Å². The molecule has 0 radical (unpaired) electrons. The lowest BCUT2D eigenvalue weighted by Gasteiger charge is -2.32. The number of alkyl carbamates (subject to hydrolysis) is 2. The lowest BCUT2D eigenvalue weighted by atomic mass is 9.49. The summed E-state index contributed by atoms with van der Waals surface area (Å²) in [5, 5.41) is 5.25. The number of carbonyl (C=O) groups excluding carboxylic acids is 2. The number of hydrogen-bond donors (Lipinski definition) is 2. The van der Waals surface area contributed by atoms with Crippen LogP contribution in [-0.2, 0) is 50.5 Å². The number of ether oxygens (including phenoxy) is 2. The number of aryl methyl sites for hydroxylation is 2. The first kappa shape index (κ1) is 53.6. The topological polar surface area (TPSA) is 132 Å². The summed E-state index contributed by atoms with van der Waals surface area (Å²) in [5.41, 5.74) is -0.117. The van der Waals surface area contributed by atoms with E-state index in [1.165, 1.54) is 12.1 Å². The van der Waals surface area contributed by atoms with E-state index in [9.17, 15) is 18.4 Å². The van der Waals surface area contributed by atoms with Crippen molar-refractivity contribution in [3.05, 3.63) is 62.6 Å². The molecule has 0 aliphatic carbocycles. The van der Waals surface area contributed by atoms with Crippen LogP contribution < -0.4 is 16.1 Å². The number of carbonyl (C=O) groups is 2. The minimum absolute atomic E-state index is 0.182. The van der Waals surface area contributed by atoms with Gasteiger partial charge in [0, 0.05) is 18.6 Å². The van der Waals surface area contributed by atoms with E-state index < -0.39 is 61.5 Å². The van der Waals surface area contributed by atoms with Crippen molar-refractivity contribution in [1.29, 1.82) is 0 Å². The molecule has 3 heterocycles. The first-order valence-electron chi connectivity index (χ1n) is 21.0. The van der Waals surface area contributed by atoms with Gasteiger partial charge in [-0.1, -0.05) is 6.07 Å². The van der Waals surface area contributed by atoms with Crippen molar-refractivity contribution < 1.29 is 55.8 Å². The molecule has 18 heteroatoms. The molecule has 5 rings (SSSR count). The zero-order chi connectivity index (χ0) is 47.8. The van der Waals surface area contributed by atoms with Gasteiger partial charge in [-0.3, -0.25) is 0 Å². The highest BCUT2D eigenvalue weighted by molar-refractivity contribution is 9.10. The van der Waals surface area contributed by atoms with E-state index in [4.69, 9.17) is 37.4 Å². The lowest BCUT2D eigenvalue weighted by Crippen LogP contribution is -2.41. The molecule has 0 spiro atoms. The Bertz CT molecular complexity index is 1850. The van der Waals surface area contributed by atoms with Crippen LogP contribution in [0.15, 0.2) is 28.7 Å². The van der Waals surface area contributed by atoms with Crippen molar-refractivity contribution in [2.24, 2.45) is 0 Å². The maximum absolute atomic E-state index is 14.7. The fourth-order valence-corrected chi connectivity index (χ4v) is 6.38. The zero-order valence-electron chi connectivity index (χ0n) is 40.7. The van der Waals surface area contributed by atoms with E-state index in [2.05, 4.69) is 26.6 Å². The molecule has 62 heavy (non-hydrogen) atoms. The molecule has 3 aliphatic rings. The summed E-state index contributed by atoms with van der Waals surface area (Å²) >= 11 is 3.11. The van der Waals surface area contributed by atoms with E-state index in [1.807, 2.05) is 96.9 Å². The predicted molar refractivity (Wildman–Crippen MR) is 244 cm³/mol. The third kappa shape index (κ3) is 13.9. The van der Waals surface area contributed by atoms with Gasteiger partial charge in [-0.25, -0.2) is 18.4 Å². The summed E-state index contributed by atoms with van der Waals surface area (Å²) in [6.45, 7) is 38.8. The van der Waals surface area contributed by atoms with Crippen molar-refractivity contribution in [3.8, 4) is 0 Å². The number of rotatable bonds is 6. The third-order valence-corrected chi connectivity index (χ3v) is 12.4. The molecule has 12 nitrogen and oxygen atoms in total. The highest BCUT2D eigenvalue weighted by Gasteiger charge is 2.63. The van der Waals surface area contributed by atoms with Gasteiger partial charge in [0.2, 0.25) is 0 Å². The molecule has 2 aromatic rings. The molecule has 2 N–H and O–H groups in total. The van der Waals surface area contributed by atoms with Gasteiger partial charge in [0.15, 0.2) is 0 Å². The van der Waals surface area contributed by atoms with Crippen molar-refractivity contribution in [1.82, 2.24) is 10.6 Å². The molecule has 2 aromatic carbocycles. The van der Waals surface area contributed by atoms with Gasteiger partial charge >= 0.3 is 33.3 Å². The Morgan fingerprint density at radius 3 is 1.21 bits per heavy atom. The fraction of sp³-hybridized carbons (Fsp3) is 0.682. The van der Waals surface area contributed by atoms with Crippen molar-refractivity contribution in [2.45, 2.75) is 196 Å². The first-order valence-corrected chi connectivity index (χ1v) is 21.8. The average Bonchev–Trinajstić information content (AvgIpc) is 3.54. The van der Waals surface area contributed by atoms with E-state index in [1.54, 1.807) is 53.7 Å². The fourth-order valence-electron chi connectivity index (χ4n) is 5.93. The van der Waals surface area contributed by atoms with Crippen LogP contribution in [0.4, 0.5) is 18.4 Å². The van der Waals surface area contributed by atoms with Crippen LogP contribution in [0, 0.1) is 25.5 Å². The number of hydrogen-bond acceptors (Lipinski definition) is 10. The second-order valence-corrected chi connectivity index (χ2v) is 21.9. The maximum Gasteiger partial charge on any atom is 0.497 e. The van der Waals surface area contributed by atoms with Gasteiger partial charge in [0.1, 0.15) is 22.8 Å². The largest absolute Gasteiger partial charge is 0.497 e. The zero-order valence-corrected chi connectivity index (χ0v) is 42.3. The van der Waals surface area contributed by atoms with Crippen molar-refractivity contribution in [3.63, 3.8) is 0 Å². The molecule has 0 atom stereocenters. The minimum Gasteiger partial charge on any atom is -0.444 e. The quantitative estimate of drug-likeness (QED) is 0.270. The Balaban J connectivity index is 0.000000255.